The van der Waals surface area contributed by atoms with E-state index < -0.39 is 0 Å². The van der Waals surface area contributed by atoms with Gasteiger partial charge in [-0.2, -0.15) is 0 Å². The van der Waals surface area contributed by atoms with Crippen molar-refractivity contribution < 1.29 is 9.47 Å². The normalized spacial score (nSPS) is 20.9. The summed E-state index contributed by atoms with van der Waals surface area (Å²) in [6.07, 6.45) is 0.277. The first-order valence-electron chi connectivity index (χ1n) is 6.05. The third-order valence-corrected chi connectivity index (χ3v) is 4.19. The molecule has 0 aromatic heterocycles. The molecule has 1 aliphatic heterocycles. The molecule has 4 nitrogen and oxygen atoms in total. The van der Waals surface area contributed by atoms with E-state index in [-0.39, 0.29) is 6.10 Å². The molecule has 0 spiro atoms. The summed E-state index contributed by atoms with van der Waals surface area (Å²) in [7, 11) is 3.79. The number of anilines is 1. The van der Waals surface area contributed by atoms with Gasteiger partial charge in [-0.1, -0.05) is 0 Å². The molecule has 1 atom stereocenters. The van der Waals surface area contributed by atoms with Crippen LogP contribution in [-0.2, 0) is 4.74 Å². The number of ether oxygens (including phenoxy) is 2. The largest absolute Gasteiger partial charge is 0.497 e. The summed E-state index contributed by atoms with van der Waals surface area (Å²) in [4.78, 5) is 3.36. The number of hydrogen-bond donors (Lipinski definition) is 1. The Labute approximate surface area is 112 Å². The lowest BCUT2D eigenvalue weighted by Crippen LogP contribution is -2.41. The second kappa shape index (κ2) is 6.31. The zero-order chi connectivity index (χ0) is 13.0. The zero-order valence-corrected chi connectivity index (χ0v) is 11.7. The first-order valence-corrected chi connectivity index (χ1v) is 7.04. The Kier molecular flexibility index (Phi) is 4.74. The van der Waals surface area contributed by atoms with Gasteiger partial charge in [0.15, 0.2) is 0 Å². The van der Waals surface area contributed by atoms with Crippen molar-refractivity contribution >= 4 is 17.4 Å². The van der Waals surface area contributed by atoms with Gasteiger partial charge < -0.3 is 20.1 Å². The van der Waals surface area contributed by atoms with Crippen molar-refractivity contribution in [3.8, 4) is 5.75 Å². The average molecular weight is 268 g/mol. The van der Waals surface area contributed by atoms with Gasteiger partial charge in [0, 0.05) is 29.4 Å². The topological polar surface area (TPSA) is 47.7 Å². The Morgan fingerprint density at radius 3 is 3.11 bits per heavy atom. The first kappa shape index (κ1) is 13.5. The van der Waals surface area contributed by atoms with Crippen LogP contribution < -0.4 is 10.5 Å². The third kappa shape index (κ3) is 3.54. The first-order chi connectivity index (χ1) is 8.69. The summed E-state index contributed by atoms with van der Waals surface area (Å²) in [5, 5.41) is 0. The highest BCUT2D eigenvalue weighted by atomic mass is 32.2. The van der Waals surface area contributed by atoms with E-state index in [4.69, 9.17) is 15.2 Å². The molecule has 1 saturated heterocycles. The van der Waals surface area contributed by atoms with E-state index in [1.165, 1.54) is 0 Å². The lowest BCUT2D eigenvalue weighted by atomic mass is 10.3. The summed E-state index contributed by atoms with van der Waals surface area (Å²) in [6.45, 7) is 2.81. The van der Waals surface area contributed by atoms with Gasteiger partial charge in [0.1, 0.15) is 5.75 Å². The van der Waals surface area contributed by atoms with Crippen LogP contribution in [0.4, 0.5) is 5.69 Å². The minimum Gasteiger partial charge on any atom is -0.497 e. The number of morpholine rings is 1. The summed E-state index contributed by atoms with van der Waals surface area (Å²) in [5.74, 6) is 1.76. The van der Waals surface area contributed by atoms with E-state index >= 15 is 0 Å². The molecule has 2 rings (SSSR count). The number of rotatable bonds is 4. The van der Waals surface area contributed by atoms with Crippen molar-refractivity contribution in [1.29, 1.82) is 0 Å². The number of nitrogens with zero attached hydrogens (tertiary/aromatic N) is 1. The van der Waals surface area contributed by atoms with Gasteiger partial charge in [0.2, 0.25) is 0 Å². The lowest BCUT2D eigenvalue weighted by molar-refractivity contribution is -0.00598. The van der Waals surface area contributed by atoms with Crippen LogP contribution in [0.3, 0.4) is 0 Å². The van der Waals surface area contributed by atoms with Gasteiger partial charge in [-0.3, -0.25) is 0 Å². The van der Waals surface area contributed by atoms with Crippen LogP contribution in [0.5, 0.6) is 5.75 Å². The summed E-state index contributed by atoms with van der Waals surface area (Å²) < 4.78 is 10.9. The lowest BCUT2D eigenvalue weighted by Gasteiger charge is -2.29. The van der Waals surface area contributed by atoms with Crippen molar-refractivity contribution in [3.63, 3.8) is 0 Å². The molecular formula is C13H20N2O2S. The van der Waals surface area contributed by atoms with Gasteiger partial charge in [0.05, 0.1) is 19.8 Å². The Morgan fingerprint density at radius 2 is 2.39 bits per heavy atom. The Balaban J connectivity index is 1.92. The van der Waals surface area contributed by atoms with Gasteiger partial charge in [-0.25, -0.2) is 0 Å². The van der Waals surface area contributed by atoms with Gasteiger partial charge in [-0.05, 0) is 25.2 Å². The van der Waals surface area contributed by atoms with Crippen LogP contribution in [0.25, 0.3) is 0 Å². The van der Waals surface area contributed by atoms with Gasteiger partial charge >= 0.3 is 0 Å². The molecule has 0 radical (unpaired) electrons. The van der Waals surface area contributed by atoms with Crippen LogP contribution in [0, 0.1) is 0 Å². The maximum Gasteiger partial charge on any atom is 0.120 e. The minimum atomic E-state index is 0.277. The Hall–Kier alpha value is -0.910. The van der Waals surface area contributed by atoms with Crippen molar-refractivity contribution in [1.82, 2.24) is 4.90 Å². The van der Waals surface area contributed by atoms with Crippen LogP contribution in [-0.4, -0.2) is 50.6 Å². The van der Waals surface area contributed by atoms with Gasteiger partial charge in [0.25, 0.3) is 0 Å². The molecule has 2 N–H and O–H groups in total. The van der Waals surface area contributed by atoms with Crippen LogP contribution in [0.2, 0.25) is 0 Å². The molecule has 5 heteroatoms. The molecule has 0 bridgehead atoms. The van der Waals surface area contributed by atoms with Crippen molar-refractivity contribution in [2.75, 3.05) is 45.3 Å². The number of nitrogen functional groups attached to an aromatic ring is 1. The van der Waals surface area contributed by atoms with E-state index in [0.29, 0.717) is 0 Å². The highest BCUT2D eigenvalue weighted by Gasteiger charge is 2.18. The zero-order valence-electron chi connectivity index (χ0n) is 10.9. The molecule has 0 amide bonds. The molecule has 1 aliphatic rings. The van der Waals surface area contributed by atoms with E-state index in [9.17, 15) is 0 Å². The van der Waals surface area contributed by atoms with Gasteiger partial charge in [-0.15, -0.1) is 11.8 Å². The number of methoxy groups -OCH3 is 1. The molecule has 18 heavy (non-hydrogen) atoms. The summed E-state index contributed by atoms with van der Waals surface area (Å²) in [6, 6.07) is 5.74. The number of nitrogens with two attached hydrogens (primary N) is 1. The smallest absolute Gasteiger partial charge is 0.120 e. The SMILES string of the molecule is COc1ccc(N)c(SCC2CN(C)CCO2)c1. The predicted molar refractivity (Wildman–Crippen MR) is 75.4 cm³/mol. The van der Waals surface area contributed by atoms with Crippen LogP contribution >= 0.6 is 11.8 Å². The van der Waals surface area contributed by atoms with E-state index in [1.807, 2.05) is 18.2 Å². The number of likely N-dealkylation sites (N-methyl/N-ethyl adjacent to an activating group) is 1. The van der Waals surface area contributed by atoms with E-state index in [1.54, 1.807) is 18.9 Å². The molecule has 0 aliphatic carbocycles. The summed E-state index contributed by atoms with van der Waals surface area (Å²) in [5.41, 5.74) is 6.76. The fraction of sp³-hybridized carbons (Fsp3) is 0.538. The maximum atomic E-state index is 5.96. The standard InChI is InChI=1S/C13H20N2O2S/c1-15-5-6-17-11(8-15)9-18-13-7-10(16-2)3-4-12(13)14/h3-4,7,11H,5-6,8-9,14H2,1-2H3. The predicted octanol–water partition coefficient (Wildman–Crippen LogP) is 1.70. The van der Waals surface area contributed by atoms with E-state index in [0.717, 1.165) is 41.8 Å². The Bertz CT molecular complexity index is 401. The molecule has 1 aromatic rings. The fourth-order valence-electron chi connectivity index (χ4n) is 1.92. The molecule has 1 unspecified atom stereocenters. The monoisotopic (exact) mass is 268 g/mol. The second-order valence-corrected chi connectivity index (χ2v) is 5.53. The number of hydrogen-bond acceptors (Lipinski definition) is 5. The summed E-state index contributed by atoms with van der Waals surface area (Å²) >= 11 is 1.73. The molecule has 1 fully saturated rings. The maximum absolute atomic E-state index is 5.96. The quantitative estimate of drug-likeness (QED) is 0.665. The van der Waals surface area contributed by atoms with Crippen molar-refractivity contribution in [2.45, 2.75) is 11.0 Å². The van der Waals surface area contributed by atoms with Crippen molar-refractivity contribution in [2.24, 2.45) is 0 Å². The molecule has 0 saturated carbocycles. The van der Waals surface area contributed by atoms with Crippen LogP contribution in [0.1, 0.15) is 0 Å². The highest BCUT2D eigenvalue weighted by molar-refractivity contribution is 7.99. The van der Waals surface area contributed by atoms with Crippen molar-refractivity contribution in [3.05, 3.63) is 18.2 Å². The average Bonchev–Trinajstić information content (AvgIpc) is 2.38. The van der Waals surface area contributed by atoms with E-state index in [2.05, 4.69) is 11.9 Å². The minimum absolute atomic E-state index is 0.277. The highest BCUT2D eigenvalue weighted by Crippen LogP contribution is 2.30. The Morgan fingerprint density at radius 1 is 1.56 bits per heavy atom. The fourth-order valence-corrected chi connectivity index (χ4v) is 2.92. The second-order valence-electron chi connectivity index (χ2n) is 4.47. The van der Waals surface area contributed by atoms with Crippen LogP contribution in [0.15, 0.2) is 23.1 Å². The molecular weight excluding hydrogens is 248 g/mol. The number of thioether (sulfide) groups is 1. The molecule has 1 heterocycles. The number of benzene rings is 1. The molecule has 1 aromatic carbocycles. The third-order valence-electron chi connectivity index (χ3n) is 2.99. The molecule has 100 valence electrons.